The molecular formula is C23H22ClN5O2. The summed E-state index contributed by atoms with van der Waals surface area (Å²) in [5, 5.41) is 13.9. The molecule has 3 aromatic rings. The molecule has 0 fully saturated rings. The molecule has 0 amide bonds. The highest BCUT2D eigenvalue weighted by molar-refractivity contribution is 6.32. The minimum Gasteiger partial charge on any atom is -0.492 e. The monoisotopic (exact) mass is 435 g/mol. The first-order chi connectivity index (χ1) is 15.0. The van der Waals surface area contributed by atoms with Crippen LogP contribution in [0.4, 0.5) is 5.95 Å². The van der Waals surface area contributed by atoms with Gasteiger partial charge in [0, 0.05) is 5.56 Å². The van der Waals surface area contributed by atoms with Gasteiger partial charge >= 0.3 is 0 Å². The standard InChI is InChI=1S/C23H22ClN5O2/c1-15(2)10-11-31-20-9-8-16(12-19(20)24)14-26-29-23-27-21(17-6-4-3-5-7-17)18(13-25)22(30)28-23/h3-9,12,14-15H,10-11H2,1-2H3,(H2,27,28,29,30). The Hall–Kier alpha value is -3.63. The second-order valence-corrected chi connectivity index (χ2v) is 7.61. The number of hydrogen-bond donors (Lipinski definition) is 2. The summed E-state index contributed by atoms with van der Waals surface area (Å²) in [5.41, 5.74) is 3.79. The van der Waals surface area contributed by atoms with Crippen LogP contribution >= 0.6 is 11.6 Å². The number of ether oxygens (including phenoxy) is 1. The maximum Gasteiger partial charge on any atom is 0.270 e. The molecule has 0 saturated heterocycles. The van der Waals surface area contributed by atoms with Crippen LogP contribution in [-0.2, 0) is 0 Å². The second-order valence-electron chi connectivity index (χ2n) is 7.21. The van der Waals surface area contributed by atoms with Gasteiger partial charge in [-0.15, -0.1) is 0 Å². The van der Waals surface area contributed by atoms with Crippen molar-refractivity contribution in [3.8, 4) is 23.1 Å². The predicted molar refractivity (Wildman–Crippen MR) is 123 cm³/mol. The number of anilines is 1. The van der Waals surface area contributed by atoms with Crippen molar-refractivity contribution < 1.29 is 4.74 Å². The lowest BCUT2D eigenvalue weighted by atomic mass is 10.1. The molecule has 3 rings (SSSR count). The molecule has 0 aliphatic carbocycles. The van der Waals surface area contributed by atoms with Gasteiger partial charge in [-0.3, -0.25) is 9.78 Å². The van der Waals surface area contributed by atoms with Gasteiger partial charge in [0.1, 0.15) is 17.4 Å². The van der Waals surface area contributed by atoms with E-state index in [1.807, 2.05) is 30.3 Å². The van der Waals surface area contributed by atoms with Gasteiger partial charge in [0.05, 0.1) is 23.5 Å². The third-order valence-corrected chi connectivity index (χ3v) is 4.67. The first-order valence-corrected chi connectivity index (χ1v) is 10.2. The minimum atomic E-state index is -0.542. The Morgan fingerprint density at radius 2 is 2.06 bits per heavy atom. The quantitative estimate of drug-likeness (QED) is 0.389. The van der Waals surface area contributed by atoms with Crippen molar-refractivity contribution in [2.75, 3.05) is 12.0 Å². The maximum absolute atomic E-state index is 12.3. The summed E-state index contributed by atoms with van der Waals surface area (Å²) in [6.07, 6.45) is 2.49. The minimum absolute atomic E-state index is 0.0550. The Bertz CT molecular complexity index is 1170. The van der Waals surface area contributed by atoms with E-state index in [9.17, 15) is 10.1 Å². The number of H-pyrrole nitrogens is 1. The van der Waals surface area contributed by atoms with Crippen LogP contribution in [0.25, 0.3) is 11.3 Å². The highest BCUT2D eigenvalue weighted by atomic mass is 35.5. The van der Waals surface area contributed by atoms with E-state index in [1.54, 1.807) is 30.5 Å². The molecule has 2 aromatic carbocycles. The first-order valence-electron chi connectivity index (χ1n) is 9.79. The fourth-order valence-corrected chi connectivity index (χ4v) is 2.97. The number of hydrazone groups is 1. The average Bonchev–Trinajstić information content (AvgIpc) is 2.75. The van der Waals surface area contributed by atoms with E-state index in [4.69, 9.17) is 16.3 Å². The van der Waals surface area contributed by atoms with Crippen LogP contribution in [0.15, 0.2) is 58.4 Å². The predicted octanol–water partition coefficient (Wildman–Crippen LogP) is 4.83. The van der Waals surface area contributed by atoms with Crippen LogP contribution in [-0.4, -0.2) is 22.8 Å². The van der Waals surface area contributed by atoms with Crippen molar-refractivity contribution in [3.63, 3.8) is 0 Å². The molecule has 0 unspecified atom stereocenters. The normalized spacial score (nSPS) is 10.9. The number of rotatable bonds is 8. The second kappa shape index (κ2) is 10.4. The number of nitrogens with one attached hydrogen (secondary N) is 2. The lowest BCUT2D eigenvalue weighted by Crippen LogP contribution is -2.16. The van der Waals surface area contributed by atoms with Crippen LogP contribution in [0, 0.1) is 17.2 Å². The number of benzene rings is 2. The molecule has 0 saturated carbocycles. The maximum atomic E-state index is 12.3. The van der Waals surface area contributed by atoms with Gasteiger partial charge in [0.25, 0.3) is 5.56 Å². The van der Waals surface area contributed by atoms with Gasteiger partial charge < -0.3 is 4.74 Å². The number of aromatic nitrogens is 2. The Labute approximate surface area is 185 Å². The molecule has 0 atom stereocenters. The SMILES string of the molecule is CC(C)CCOc1ccc(C=NNc2nc(-c3ccccc3)c(C#N)c(=O)[nH]2)cc1Cl. The van der Waals surface area contributed by atoms with Crippen LogP contribution in [0.5, 0.6) is 5.75 Å². The summed E-state index contributed by atoms with van der Waals surface area (Å²) in [6, 6.07) is 16.3. The summed E-state index contributed by atoms with van der Waals surface area (Å²) in [6.45, 7) is 4.88. The molecule has 0 aliphatic rings. The summed E-state index contributed by atoms with van der Waals surface area (Å²) < 4.78 is 5.70. The highest BCUT2D eigenvalue weighted by Crippen LogP contribution is 2.25. The van der Waals surface area contributed by atoms with Crippen LogP contribution in [0.3, 0.4) is 0 Å². The third kappa shape index (κ3) is 5.93. The van der Waals surface area contributed by atoms with E-state index in [1.165, 1.54) is 0 Å². The van der Waals surface area contributed by atoms with Gasteiger partial charge in [-0.25, -0.2) is 10.4 Å². The van der Waals surface area contributed by atoms with E-state index in [-0.39, 0.29) is 17.2 Å². The van der Waals surface area contributed by atoms with Gasteiger partial charge in [0.2, 0.25) is 5.95 Å². The molecule has 0 radical (unpaired) electrons. The molecule has 0 bridgehead atoms. The van der Waals surface area contributed by atoms with E-state index in [0.717, 1.165) is 12.0 Å². The molecule has 7 nitrogen and oxygen atoms in total. The van der Waals surface area contributed by atoms with Gasteiger partial charge in [-0.1, -0.05) is 55.8 Å². The molecule has 158 valence electrons. The summed E-state index contributed by atoms with van der Waals surface area (Å²) in [5.74, 6) is 1.30. The topological polar surface area (TPSA) is 103 Å². The Kier molecular flexibility index (Phi) is 7.41. The molecule has 31 heavy (non-hydrogen) atoms. The third-order valence-electron chi connectivity index (χ3n) is 4.37. The van der Waals surface area contributed by atoms with Crippen molar-refractivity contribution in [1.82, 2.24) is 9.97 Å². The van der Waals surface area contributed by atoms with E-state index >= 15 is 0 Å². The number of nitriles is 1. The molecular weight excluding hydrogens is 414 g/mol. The lowest BCUT2D eigenvalue weighted by molar-refractivity contribution is 0.289. The molecule has 2 N–H and O–H groups in total. The lowest BCUT2D eigenvalue weighted by Gasteiger charge is -2.10. The van der Waals surface area contributed by atoms with Gasteiger partial charge in [-0.2, -0.15) is 10.4 Å². The Morgan fingerprint density at radius 3 is 2.74 bits per heavy atom. The first kappa shape index (κ1) is 22.1. The summed E-state index contributed by atoms with van der Waals surface area (Å²) >= 11 is 6.29. The van der Waals surface area contributed by atoms with E-state index < -0.39 is 5.56 Å². The van der Waals surface area contributed by atoms with Crippen molar-refractivity contribution >= 4 is 23.8 Å². The zero-order valence-electron chi connectivity index (χ0n) is 17.2. The van der Waals surface area contributed by atoms with E-state index in [0.29, 0.717) is 28.9 Å². The van der Waals surface area contributed by atoms with Crippen LogP contribution in [0.1, 0.15) is 31.4 Å². The van der Waals surface area contributed by atoms with Gasteiger partial charge in [-0.05, 0) is 36.1 Å². The fourth-order valence-electron chi connectivity index (χ4n) is 2.72. The fraction of sp³-hybridized carbons (Fsp3) is 0.217. The number of aromatic amines is 1. The highest BCUT2D eigenvalue weighted by Gasteiger charge is 2.12. The van der Waals surface area contributed by atoms with Crippen molar-refractivity contribution in [2.24, 2.45) is 11.0 Å². The number of halogens is 1. The van der Waals surface area contributed by atoms with Crippen LogP contribution in [0.2, 0.25) is 5.02 Å². The molecule has 1 heterocycles. The zero-order chi connectivity index (χ0) is 22.2. The number of hydrogen-bond acceptors (Lipinski definition) is 6. The molecule has 8 heteroatoms. The van der Waals surface area contributed by atoms with Crippen molar-refractivity contribution in [2.45, 2.75) is 20.3 Å². The summed E-state index contributed by atoms with van der Waals surface area (Å²) in [7, 11) is 0. The molecule has 0 aliphatic heterocycles. The largest absolute Gasteiger partial charge is 0.492 e. The Morgan fingerprint density at radius 1 is 1.29 bits per heavy atom. The Balaban J connectivity index is 1.74. The average molecular weight is 436 g/mol. The zero-order valence-corrected chi connectivity index (χ0v) is 18.0. The number of nitrogens with zero attached hydrogens (tertiary/aromatic N) is 3. The van der Waals surface area contributed by atoms with Crippen molar-refractivity contribution in [3.05, 3.63) is 75.0 Å². The smallest absolute Gasteiger partial charge is 0.270 e. The van der Waals surface area contributed by atoms with Crippen LogP contribution < -0.4 is 15.7 Å². The molecule has 1 aromatic heterocycles. The van der Waals surface area contributed by atoms with E-state index in [2.05, 4.69) is 34.3 Å². The molecule has 0 spiro atoms. The summed E-state index contributed by atoms with van der Waals surface area (Å²) in [4.78, 5) is 19.1. The van der Waals surface area contributed by atoms with Gasteiger partial charge in [0.15, 0.2) is 0 Å². The van der Waals surface area contributed by atoms with Crippen molar-refractivity contribution in [1.29, 1.82) is 5.26 Å².